The number of anilines is 1. The van der Waals surface area contributed by atoms with Gasteiger partial charge in [0.15, 0.2) is 0 Å². The average Bonchev–Trinajstić information content (AvgIpc) is 2.75. The van der Waals surface area contributed by atoms with Crippen LogP contribution in [-0.4, -0.2) is 50.5 Å². The Morgan fingerprint density at radius 3 is 2.18 bits per heavy atom. The number of carbonyl (C=O) groups is 2. The van der Waals surface area contributed by atoms with E-state index in [1.807, 2.05) is 13.8 Å². The van der Waals surface area contributed by atoms with E-state index in [-0.39, 0.29) is 18.4 Å². The molecule has 10 heteroatoms. The van der Waals surface area contributed by atoms with E-state index in [1.54, 1.807) is 55.5 Å². The SMILES string of the molecule is CC(C)CNC(=O)[C@H](C)N(Cc1ccc(Cl)c(Cl)c1)C(=O)CN(c1ccccc1)S(C)(=O)=O. The molecule has 180 valence electrons. The van der Waals surface area contributed by atoms with E-state index < -0.39 is 28.5 Å². The third kappa shape index (κ3) is 7.91. The maximum Gasteiger partial charge on any atom is 0.244 e. The van der Waals surface area contributed by atoms with Gasteiger partial charge in [-0.2, -0.15) is 0 Å². The normalized spacial score (nSPS) is 12.3. The van der Waals surface area contributed by atoms with Crippen molar-refractivity contribution in [3.8, 4) is 0 Å². The van der Waals surface area contributed by atoms with Gasteiger partial charge in [-0.15, -0.1) is 0 Å². The van der Waals surface area contributed by atoms with Crippen molar-refractivity contribution in [2.24, 2.45) is 5.92 Å². The fourth-order valence-corrected chi connectivity index (χ4v) is 4.25. The van der Waals surface area contributed by atoms with E-state index in [9.17, 15) is 18.0 Å². The fraction of sp³-hybridized carbons (Fsp3) is 0.391. The van der Waals surface area contributed by atoms with Crippen LogP contribution in [0.4, 0.5) is 5.69 Å². The zero-order valence-electron chi connectivity index (χ0n) is 19.1. The summed E-state index contributed by atoms with van der Waals surface area (Å²) in [7, 11) is -3.75. The molecule has 0 radical (unpaired) electrons. The van der Waals surface area contributed by atoms with Crippen molar-refractivity contribution in [1.29, 1.82) is 0 Å². The number of benzene rings is 2. The first-order valence-electron chi connectivity index (χ1n) is 10.4. The minimum absolute atomic E-state index is 0.0539. The van der Waals surface area contributed by atoms with Crippen molar-refractivity contribution in [3.05, 3.63) is 64.1 Å². The van der Waals surface area contributed by atoms with Crippen molar-refractivity contribution < 1.29 is 18.0 Å². The second kappa shape index (κ2) is 11.7. The van der Waals surface area contributed by atoms with Crippen molar-refractivity contribution in [3.63, 3.8) is 0 Å². The monoisotopic (exact) mass is 513 g/mol. The Morgan fingerprint density at radius 1 is 1.00 bits per heavy atom. The van der Waals surface area contributed by atoms with Crippen LogP contribution in [0.1, 0.15) is 26.3 Å². The molecular formula is C23H29Cl2N3O4S. The van der Waals surface area contributed by atoms with Crippen LogP contribution >= 0.6 is 23.2 Å². The summed E-state index contributed by atoms with van der Waals surface area (Å²) < 4.78 is 25.9. The van der Waals surface area contributed by atoms with E-state index in [0.717, 1.165) is 10.6 Å². The summed E-state index contributed by atoms with van der Waals surface area (Å²) >= 11 is 12.1. The molecule has 0 aliphatic rings. The number of carbonyl (C=O) groups excluding carboxylic acids is 2. The number of amides is 2. The van der Waals surface area contributed by atoms with Crippen molar-refractivity contribution >= 4 is 50.7 Å². The van der Waals surface area contributed by atoms with Gasteiger partial charge in [0.1, 0.15) is 12.6 Å². The first-order chi connectivity index (χ1) is 15.4. The molecule has 0 unspecified atom stereocenters. The van der Waals surface area contributed by atoms with Crippen LogP contribution in [0.25, 0.3) is 0 Å². The first kappa shape index (κ1) is 27.0. The second-order valence-corrected chi connectivity index (χ2v) is 10.9. The van der Waals surface area contributed by atoms with Gasteiger partial charge in [0.2, 0.25) is 21.8 Å². The van der Waals surface area contributed by atoms with E-state index in [2.05, 4.69) is 5.32 Å². The Balaban J connectivity index is 2.36. The van der Waals surface area contributed by atoms with Gasteiger partial charge in [-0.3, -0.25) is 13.9 Å². The minimum Gasteiger partial charge on any atom is -0.354 e. The second-order valence-electron chi connectivity index (χ2n) is 8.19. The minimum atomic E-state index is -3.75. The van der Waals surface area contributed by atoms with Crippen LogP contribution in [-0.2, 0) is 26.2 Å². The first-order valence-corrected chi connectivity index (χ1v) is 13.0. The van der Waals surface area contributed by atoms with Crippen LogP contribution in [0, 0.1) is 5.92 Å². The lowest BCUT2D eigenvalue weighted by Gasteiger charge is -2.31. The largest absolute Gasteiger partial charge is 0.354 e. The van der Waals surface area contributed by atoms with Gasteiger partial charge in [-0.25, -0.2) is 8.42 Å². The molecule has 0 aliphatic heterocycles. The molecule has 1 N–H and O–H groups in total. The Morgan fingerprint density at radius 2 is 1.64 bits per heavy atom. The number of rotatable bonds is 10. The molecule has 2 rings (SSSR count). The molecule has 0 spiro atoms. The fourth-order valence-electron chi connectivity index (χ4n) is 3.08. The molecular weight excluding hydrogens is 485 g/mol. The lowest BCUT2D eigenvalue weighted by molar-refractivity contribution is -0.139. The molecule has 0 saturated carbocycles. The molecule has 0 heterocycles. The van der Waals surface area contributed by atoms with Crippen LogP contribution in [0.3, 0.4) is 0 Å². The molecule has 1 atom stereocenters. The predicted octanol–water partition coefficient (Wildman–Crippen LogP) is 3.95. The highest BCUT2D eigenvalue weighted by Crippen LogP contribution is 2.24. The maximum absolute atomic E-state index is 13.4. The average molecular weight is 514 g/mol. The molecule has 0 bridgehead atoms. The predicted molar refractivity (Wildman–Crippen MR) is 133 cm³/mol. The summed E-state index contributed by atoms with van der Waals surface area (Å²) in [6.45, 7) is 5.60. The molecule has 0 aromatic heterocycles. The van der Waals surface area contributed by atoms with Gasteiger partial charge in [-0.05, 0) is 42.7 Å². The highest BCUT2D eigenvalue weighted by Gasteiger charge is 2.30. The van der Waals surface area contributed by atoms with Crippen LogP contribution in [0.2, 0.25) is 10.0 Å². The number of para-hydroxylation sites is 1. The van der Waals surface area contributed by atoms with E-state index in [0.29, 0.717) is 27.8 Å². The zero-order chi connectivity index (χ0) is 24.8. The van der Waals surface area contributed by atoms with Crippen molar-refractivity contribution in [2.75, 3.05) is 23.7 Å². The zero-order valence-corrected chi connectivity index (χ0v) is 21.4. The molecule has 0 saturated heterocycles. The number of sulfonamides is 1. The van der Waals surface area contributed by atoms with Crippen molar-refractivity contribution in [2.45, 2.75) is 33.4 Å². The summed E-state index contributed by atoms with van der Waals surface area (Å²) in [4.78, 5) is 27.5. The Kier molecular flexibility index (Phi) is 9.57. The van der Waals surface area contributed by atoms with Crippen molar-refractivity contribution in [1.82, 2.24) is 10.2 Å². The van der Waals surface area contributed by atoms with Crippen LogP contribution in [0.5, 0.6) is 0 Å². The molecule has 2 aromatic carbocycles. The van der Waals surface area contributed by atoms with Gasteiger partial charge < -0.3 is 10.2 Å². The quantitative estimate of drug-likeness (QED) is 0.520. The lowest BCUT2D eigenvalue weighted by atomic mass is 10.1. The Hall–Kier alpha value is -2.29. The molecule has 2 aromatic rings. The van der Waals surface area contributed by atoms with Gasteiger partial charge in [0.25, 0.3) is 0 Å². The number of hydrogen-bond acceptors (Lipinski definition) is 4. The van der Waals surface area contributed by atoms with E-state index in [1.165, 1.54) is 4.90 Å². The van der Waals surface area contributed by atoms with Gasteiger partial charge in [0.05, 0.1) is 22.0 Å². The third-order valence-electron chi connectivity index (χ3n) is 4.91. The summed E-state index contributed by atoms with van der Waals surface area (Å²) in [6, 6.07) is 12.4. The van der Waals surface area contributed by atoms with E-state index >= 15 is 0 Å². The smallest absolute Gasteiger partial charge is 0.244 e. The summed E-state index contributed by atoms with van der Waals surface area (Å²) in [5.41, 5.74) is 1.02. The molecule has 7 nitrogen and oxygen atoms in total. The molecule has 33 heavy (non-hydrogen) atoms. The highest BCUT2D eigenvalue weighted by molar-refractivity contribution is 7.92. The van der Waals surface area contributed by atoms with Gasteiger partial charge >= 0.3 is 0 Å². The molecule has 0 fully saturated rings. The highest BCUT2D eigenvalue weighted by atomic mass is 35.5. The molecule has 2 amide bonds. The van der Waals surface area contributed by atoms with Gasteiger partial charge in [-0.1, -0.05) is 61.3 Å². The maximum atomic E-state index is 13.4. The van der Waals surface area contributed by atoms with E-state index in [4.69, 9.17) is 23.2 Å². The standard InChI is InChI=1S/C23H29Cl2N3O4S/c1-16(2)13-26-23(30)17(3)27(14-18-10-11-20(24)21(25)12-18)22(29)15-28(33(4,31)32)19-8-6-5-7-9-19/h5-12,16-17H,13-15H2,1-4H3,(H,26,30)/t17-/m0/s1. The topological polar surface area (TPSA) is 86.8 Å². The third-order valence-corrected chi connectivity index (χ3v) is 6.79. The Labute approximate surface area is 205 Å². The number of nitrogens with one attached hydrogen (secondary N) is 1. The summed E-state index contributed by atoms with van der Waals surface area (Å²) in [5.74, 6) is -0.621. The van der Waals surface area contributed by atoms with Crippen LogP contribution in [0.15, 0.2) is 48.5 Å². The number of halogens is 2. The number of nitrogens with zero attached hydrogens (tertiary/aromatic N) is 2. The van der Waals surface area contributed by atoms with Crippen LogP contribution < -0.4 is 9.62 Å². The Bertz CT molecular complexity index is 1080. The molecule has 0 aliphatic carbocycles. The van der Waals surface area contributed by atoms with Gasteiger partial charge in [0, 0.05) is 13.1 Å². The lowest BCUT2D eigenvalue weighted by Crippen LogP contribution is -2.51. The number of hydrogen-bond donors (Lipinski definition) is 1. The summed E-state index contributed by atoms with van der Waals surface area (Å²) in [6.07, 6.45) is 1.04. The summed E-state index contributed by atoms with van der Waals surface area (Å²) in [5, 5.41) is 3.52.